The first-order valence-electron chi connectivity index (χ1n) is 11.9. The maximum Gasteiger partial charge on any atom is 0.322 e. The van der Waals surface area contributed by atoms with E-state index < -0.39 is 75.2 Å². The summed E-state index contributed by atoms with van der Waals surface area (Å²) in [7, 11) is 0. The molecule has 0 fully saturated rings. The number of esters is 4. The third-order valence-electron chi connectivity index (χ3n) is 4.61. The highest BCUT2D eigenvalue weighted by Crippen LogP contribution is 2.03. The van der Waals surface area contributed by atoms with E-state index in [1.54, 1.807) is 27.7 Å². The Morgan fingerprint density at radius 2 is 0.694 bits per heavy atom. The molecule has 0 spiro atoms. The van der Waals surface area contributed by atoms with Crippen molar-refractivity contribution in [2.24, 2.45) is 0 Å². The van der Waals surface area contributed by atoms with Gasteiger partial charge >= 0.3 is 23.9 Å². The van der Waals surface area contributed by atoms with Crippen molar-refractivity contribution in [2.75, 3.05) is 39.3 Å². The van der Waals surface area contributed by atoms with E-state index in [2.05, 4.69) is 0 Å². The number of aliphatic hydroxyl groups excluding tert-OH is 4. The van der Waals surface area contributed by atoms with Gasteiger partial charge in [-0.25, -0.2) is 0 Å². The van der Waals surface area contributed by atoms with Crippen molar-refractivity contribution in [1.29, 1.82) is 0 Å². The van der Waals surface area contributed by atoms with Crippen LogP contribution in [-0.2, 0) is 38.1 Å². The molecule has 210 valence electrons. The number of hydrogen-bond acceptors (Lipinski definition) is 14. The molecule has 4 N–H and O–H groups in total. The Labute approximate surface area is 210 Å². The molecule has 0 heterocycles. The highest BCUT2D eigenvalue weighted by molar-refractivity contribution is 5.76. The fraction of sp³-hybridized carbons (Fsp3) is 0.818. The summed E-state index contributed by atoms with van der Waals surface area (Å²) in [5, 5.41) is 38.1. The Balaban J connectivity index is 5.40. The van der Waals surface area contributed by atoms with Crippen LogP contribution in [0.2, 0.25) is 0 Å². The molecule has 14 nitrogen and oxygen atoms in total. The molecule has 0 amide bonds. The predicted molar refractivity (Wildman–Crippen MR) is 122 cm³/mol. The minimum Gasteiger partial charge on any atom is -0.435 e. The zero-order chi connectivity index (χ0) is 27.7. The quantitative estimate of drug-likeness (QED) is 0.0882. The number of carbonyl (C=O) groups is 4. The minimum atomic E-state index is -1.33. The molecule has 4 unspecified atom stereocenters. The lowest BCUT2D eigenvalue weighted by Gasteiger charge is -2.26. The number of ether oxygens (including phenoxy) is 4. The second-order valence-corrected chi connectivity index (χ2v) is 7.83. The number of nitrogens with zero attached hydrogens (tertiary/aromatic N) is 2. The van der Waals surface area contributed by atoms with E-state index in [0.717, 1.165) is 0 Å². The van der Waals surface area contributed by atoms with E-state index >= 15 is 0 Å². The van der Waals surface area contributed by atoms with Crippen molar-refractivity contribution in [3.8, 4) is 0 Å². The summed E-state index contributed by atoms with van der Waals surface area (Å²) in [4.78, 5) is 51.2. The van der Waals surface area contributed by atoms with Crippen molar-refractivity contribution in [3.63, 3.8) is 0 Å². The Morgan fingerprint density at radius 3 is 0.861 bits per heavy atom. The fourth-order valence-electron chi connectivity index (χ4n) is 2.53. The van der Waals surface area contributed by atoms with Crippen molar-refractivity contribution >= 4 is 23.9 Å². The van der Waals surface area contributed by atoms with Crippen LogP contribution in [-0.4, -0.2) is 119 Å². The van der Waals surface area contributed by atoms with Crippen molar-refractivity contribution in [3.05, 3.63) is 0 Å². The maximum absolute atomic E-state index is 12.1. The van der Waals surface area contributed by atoms with Gasteiger partial charge in [-0.1, -0.05) is 27.7 Å². The molecule has 0 rings (SSSR count). The summed E-state index contributed by atoms with van der Waals surface area (Å²) in [6.07, 6.45) is -4.70. The highest BCUT2D eigenvalue weighted by atomic mass is 16.6. The van der Waals surface area contributed by atoms with Crippen LogP contribution in [0.5, 0.6) is 0 Å². The van der Waals surface area contributed by atoms with Gasteiger partial charge < -0.3 is 39.4 Å². The molecular weight excluding hydrogens is 484 g/mol. The first-order valence-corrected chi connectivity index (χ1v) is 11.9. The number of rotatable bonds is 19. The lowest BCUT2D eigenvalue weighted by molar-refractivity contribution is -0.176. The lowest BCUT2D eigenvalue weighted by Crippen LogP contribution is -2.45. The molecule has 0 saturated carbocycles. The van der Waals surface area contributed by atoms with Gasteiger partial charge in [0.05, 0.1) is 26.2 Å². The molecule has 0 aliphatic carbocycles. The summed E-state index contributed by atoms with van der Waals surface area (Å²) in [6, 6.07) is 0. The van der Waals surface area contributed by atoms with Gasteiger partial charge in [0.2, 0.25) is 0 Å². The normalized spacial score (nSPS) is 14.6. The number of carbonyl (C=O) groups excluding carboxylic acids is 4. The van der Waals surface area contributed by atoms with E-state index in [1.807, 2.05) is 0 Å². The largest absolute Gasteiger partial charge is 0.435 e. The van der Waals surface area contributed by atoms with E-state index in [-0.39, 0.29) is 38.8 Å². The van der Waals surface area contributed by atoms with Gasteiger partial charge in [0, 0.05) is 38.8 Å². The topological polar surface area (TPSA) is 193 Å². The molecule has 0 aliphatic rings. The van der Waals surface area contributed by atoms with Crippen LogP contribution in [0.15, 0.2) is 0 Å². The van der Waals surface area contributed by atoms with Crippen LogP contribution in [0.4, 0.5) is 0 Å². The summed E-state index contributed by atoms with van der Waals surface area (Å²) in [5.41, 5.74) is 0. The van der Waals surface area contributed by atoms with Gasteiger partial charge in [0.1, 0.15) is 0 Å². The van der Waals surface area contributed by atoms with E-state index in [9.17, 15) is 39.6 Å². The van der Waals surface area contributed by atoms with Crippen molar-refractivity contribution < 1.29 is 58.6 Å². The molecular formula is C22H40N2O12. The molecule has 0 aromatic carbocycles. The number of aliphatic hydroxyl groups is 4. The van der Waals surface area contributed by atoms with Gasteiger partial charge in [-0.05, 0) is 0 Å². The molecule has 0 aromatic rings. The van der Waals surface area contributed by atoms with Crippen LogP contribution in [0.3, 0.4) is 0 Å². The van der Waals surface area contributed by atoms with Crippen LogP contribution in [0.25, 0.3) is 0 Å². The molecule has 0 saturated heterocycles. The van der Waals surface area contributed by atoms with Gasteiger partial charge in [0.25, 0.3) is 0 Å². The first kappa shape index (κ1) is 33.6. The predicted octanol–water partition coefficient (Wildman–Crippen LogP) is -1.32. The molecule has 0 aliphatic heterocycles. The maximum atomic E-state index is 12.1. The standard InChI is InChI=1S/C22H40N2O12/c1-5-15(25)33-19(29)11-23(12-20(30)34-16(26)6-2)9-10-24(13-21(31)35-17(27)7-3)14-22(32)36-18(28)8-4/h15-18,25-28H,5-14H2,1-4H3. The minimum absolute atomic E-state index is 0.0676. The first-order chi connectivity index (χ1) is 16.9. The zero-order valence-electron chi connectivity index (χ0n) is 21.3. The monoisotopic (exact) mass is 524 g/mol. The molecule has 0 bridgehead atoms. The molecule has 0 radical (unpaired) electrons. The molecule has 14 heteroatoms. The Morgan fingerprint density at radius 1 is 0.500 bits per heavy atom. The SMILES string of the molecule is CCC(O)OC(=O)CN(CCN(CC(=O)OC(O)CC)CC(=O)OC(O)CC)CC(=O)OC(O)CC. The van der Waals surface area contributed by atoms with E-state index in [0.29, 0.717) is 0 Å². The average Bonchev–Trinajstić information content (AvgIpc) is 2.81. The van der Waals surface area contributed by atoms with Gasteiger partial charge in [-0.3, -0.25) is 29.0 Å². The Kier molecular flexibility index (Phi) is 17.6. The van der Waals surface area contributed by atoms with Crippen LogP contribution in [0.1, 0.15) is 53.4 Å². The smallest absolute Gasteiger partial charge is 0.322 e. The fourth-order valence-corrected chi connectivity index (χ4v) is 2.53. The second-order valence-electron chi connectivity index (χ2n) is 7.83. The van der Waals surface area contributed by atoms with Crippen LogP contribution >= 0.6 is 0 Å². The Bertz CT molecular complexity index is 569. The summed E-state index contributed by atoms with van der Waals surface area (Å²) in [6.45, 7) is 4.48. The second kappa shape index (κ2) is 18.8. The molecule has 4 atom stereocenters. The average molecular weight is 525 g/mol. The third kappa shape index (κ3) is 16.3. The van der Waals surface area contributed by atoms with Gasteiger partial charge in [-0.15, -0.1) is 0 Å². The molecule has 0 aromatic heterocycles. The Hall–Kier alpha value is -2.36. The van der Waals surface area contributed by atoms with Crippen LogP contribution < -0.4 is 0 Å². The van der Waals surface area contributed by atoms with Crippen molar-refractivity contribution in [2.45, 2.75) is 78.5 Å². The van der Waals surface area contributed by atoms with Crippen LogP contribution in [0, 0.1) is 0 Å². The number of hydrogen-bond donors (Lipinski definition) is 4. The summed E-state index contributed by atoms with van der Waals surface area (Å²) < 4.78 is 19.3. The highest BCUT2D eigenvalue weighted by Gasteiger charge is 2.23. The summed E-state index contributed by atoms with van der Waals surface area (Å²) >= 11 is 0. The van der Waals surface area contributed by atoms with Gasteiger partial charge in [0.15, 0.2) is 25.2 Å². The molecule has 36 heavy (non-hydrogen) atoms. The summed E-state index contributed by atoms with van der Waals surface area (Å²) in [5.74, 6) is -3.35. The lowest BCUT2D eigenvalue weighted by atomic mass is 10.3. The zero-order valence-corrected chi connectivity index (χ0v) is 21.3. The van der Waals surface area contributed by atoms with E-state index in [1.165, 1.54) is 9.80 Å². The third-order valence-corrected chi connectivity index (χ3v) is 4.61. The van der Waals surface area contributed by atoms with E-state index in [4.69, 9.17) is 18.9 Å². The van der Waals surface area contributed by atoms with Crippen molar-refractivity contribution in [1.82, 2.24) is 9.80 Å². The van der Waals surface area contributed by atoms with Gasteiger partial charge in [-0.2, -0.15) is 0 Å².